The van der Waals surface area contributed by atoms with E-state index in [1.54, 1.807) is 0 Å². The molecule has 1 fully saturated rings. The van der Waals surface area contributed by atoms with Gasteiger partial charge in [-0.05, 0) is 32.6 Å². The first-order valence-corrected chi connectivity index (χ1v) is 7.45. The van der Waals surface area contributed by atoms with E-state index >= 15 is 0 Å². The van der Waals surface area contributed by atoms with Crippen molar-refractivity contribution in [3.8, 4) is 0 Å². The Kier molecular flexibility index (Phi) is 6.94. The zero-order valence-corrected chi connectivity index (χ0v) is 11.9. The highest BCUT2D eigenvalue weighted by atomic mass is 35.5. The number of hydrogen-bond donors (Lipinski definition) is 1. The summed E-state index contributed by atoms with van der Waals surface area (Å²) < 4.78 is 0. The van der Waals surface area contributed by atoms with Crippen LogP contribution in [0.5, 0.6) is 0 Å². The first-order valence-electron chi connectivity index (χ1n) is 7.01. The van der Waals surface area contributed by atoms with Crippen LogP contribution in [0.15, 0.2) is 0 Å². The Morgan fingerprint density at radius 2 is 1.94 bits per heavy atom. The molecule has 0 radical (unpaired) electrons. The minimum absolute atomic E-state index is 0.128. The Hall–Kier alpha value is -0.240. The predicted octanol–water partition coefficient (Wildman–Crippen LogP) is 3.87. The lowest BCUT2D eigenvalue weighted by atomic mass is 9.86. The Morgan fingerprint density at radius 1 is 1.29 bits per heavy atom. The van der Waals surface area contributed by atoms with Crippen LogP contribution in [-0.2, 0) is 4.79 Å². The molecule has 17 heavy (non-hydrogen) atoms. The summed E-state index contributed by atoms with van der Waals surface area (Å²) in [7, 11) is 0. The molecule has 3 heteroatoms. The molecule has 100 valence electrons. The molecule has 1 rings (SSSR count). The number of alkyl halides is 1. The Labute approximate surface area is 110 Å². The Bertz CT molecular complexity index is 224. The van der Waals surface area contributed by atoms with E-state index in [2.05, 4.69) is 5.32 Å². The number of nitrogens with one attached hydrogen (secondary N) is 1. The topological polar surface area (TPSA) is 29.1 Å². The summed E-state index contributed by atoms with van der Waals surface area (Å²) in [5.41, 5.74) is 0. The Morgan fingerprint density at radius 3 is 2.53 bits per heavy atom. The van der Waals surface area contributed by atoms with E-state index in [1.807, 2.05) is 13.8 Å². The van der Waals surface area contributed by atoms with E-state index in [4.69, 9.17) is 11.6 Å². The molecule has 1 saturated carbocycles. The molecule has 1 aliphatic carbocycles. The van der Waals surface area contributed by atoms with Gasteiger partial charge in [0.05, 0.1) is 0 Å². The van der Waals surface area contributed by atoms with Crippen molar-refractivity contribution in [3.05, 3.63) is 0 Å². The summed E-state index contributed by atoms with van der Waals surface area (Å²) in [6.45, 7) is 3.99. The molecule has 1 aliphatic rings. The third kappa shape index (κ3) is 6.92. The second-order valence-electron chi connectivity index (χ2n) is 5.53. The summed E-state index contributed by atoms with van der Waals surface area (Å²) in [5.74, 6) is 0.983. The molecule has 0 aliphatic heterocycles. The molecule has 2 atom stereocenters. The van der Waals surface area contributed by atoms with Gasteiger partial charge in [-0.25, -0.2) is 0 Å². The summed E-state index contributed by atoms with van der Waals surface area (Å²) in [6.07, 6.45) is 9.33. The highest BCUT2D eigenvalue weighted by molar-refractivity contribution is 6.20. The molecule has 2 unspecified atom stereocenters. The number of carbonyl (C=O) groups is 1. The highest BCUT2D eigenvalue weighted by Crippen LogP contribution is 2.27. The van der Waals surface area contributed by atoms with E-state index in [9.17, 15) is 4.79 Å². The lowest BCUT2D eigenvalue weighted by Gasteiger charge is -2.21. The Balaban J connectivity index is 2.11. The number of hydrogen-bond acceptors (Lipinski definition) is 1. The van der Waals surface area contributed by atoms with Crippen molar-refractivity contribution >= 4 is 17.5 Å². The lowest BCUT2D eigenvalue weighted by Crippen LogP contribution is -2.34. The van der Waals surface area contributed by atoms with Gasteiger partial charge in [0, 0.05) is 17.8 Å². The van der Waals surface area contributed by atoms with E-state index < -0.39 is 0 Å². The van der Waals surface area contributed by atoms with Gasteiger partial charge in [-0.2, -0.15) is 0 Å². The van der Waals surface area contributed by atoms with Gasteiger partial charge in [0.2, 0.25) is 5.91 Å². The van der Waals surface area contributed by atoms with Gasteiger partial charge < -0.3 is 5.32 Å². The fourth-order valence-corrected chi connectivity index (χ4v) is 2.97. The van der Waals surface area contributed by atoms with E-state index in [0.29, 0.717) is 6.42 Å². The van der Waals surface area contributed by atoms with Gasteiger partial charge in [-0.3, -0.25) is 4.79 Å². The van der Waals surface area contributed by atoms with Crippen LogP contribution in [0.3, 0.4) is 0 Å². The maximum absolute atomic E-state index is 11.7. The molecule has 0 saturated heterocycles. The van der Waals surface area contributed by atoms with E-state index in [-0.39, 0.29) is 17.3 Å². The number of rotatable bonds is 6. The molecule has 1 amide bonds. The maximum Gasteiger partial charge on any atom is 0.220 e. The second-order valence-corrected chi connectivity index (χ2v) is 6.27. The van der Waals surface area contributed by atoms with Gasteiger partial charge >= 0.3 is 0 Å². The fourth-order valence-electron chi connectivity index (χ4n) is 2.70. The normalized spacial score (nSPS) is 20.9. The smallest absolute Gasteiger partial charge is 0.220 e. The molecule has 0 spiro atoms. The molecule has 0 bridgehead atoms. The van der Waals surface area contributed by atoms with Crippen LogP contribution in [-0.4, -0.2) is 17.3 Å². The summed E-state index contributed by atoms with van der Waals surface area (Å²) in [5, 5.41) is 3.16. The number of halogens is 1. The van der Waals surface area contributed by atoms with Crippen LogP contribution in [0.4, 0.5) is 0 Å². The van der Waals surface area contributed by atoms with Crippen LogP contribution >= 0.6 is 11.6 Å². The minimum Gasteiger partial charge on any atom is -0.354 e. The predicted molar refractivity (Wildman–Crippen MR) is 73.3 cm³/mol. The molecular formula is C14H26ClNO. The summed E-state index contributed by atoms with van der Waals surface area (Å²) in [6, 6.07) is 0.196. The van der Waals surface area contributed by atoms with Crippen molar-refractivity contribution < 1.29 is 4.79 Å². The van der Waals surface area contributed by atoms with Gasteiger partial charge in [0.1, 0.15) is 0 Å². The van der Waals surface area contributed by atoms with Gasteiger partial charge in [-0.15, -0.1) is 11.6 Å². The summed E-state index contributed by atoms with van der Waals surface area (Å²) >= 11 is 5.90. The fraction of sp³-hybridized carbons (Fsp3) is 0.929. The molecular weight excluding hydrogens is 234 g/mol. The minimum atomic E-state index is 0.128. The molecule has 0 aromatic rings. The van der Waals surface area contributed by atoms with Crippen LogP contribution in [0.25, 0.3) is 0 Å². The van der Waals surface area contributed by atoms with Crippen molar-refractivity contribution in [1.82, 2.24) is 5.32 Å². The van der Waals surface area contributed by atoms with Crippen molar-refractivity contribution in [3.63, 3.8) is 0 Å². The van der Waals surface area contributed by atoms with Crippen LogP contribution < -0.4 is 5.32 Å². The third-order valence-electron chi connectivity index (χ3n) is 3.59. The molecule has 2 nitrogen and oxygen atoms in total. The van der Waals surface area contributed by atoms with E-state index in [0.717, 1.165) is 18.8 Å². The van der Waals surface area contributed by atoms with Crippen LogP contribution in [0, 0.1) is 5.92 Å². The van der Waals surface area contributed by atoms with Gasteiger partial charge in [-0.1, -0.05) is 32.1 Å². The van der Waals surface area contributed by atoms with Crippen molar-refractivity contribution in [2.24, 2.45) is 5.92 Å². The van der Waals surface area contributed by atoms with E-state index in [1.165, 1.54) is 32.1 Å². The standard InChI is InChI=1S/C14H26ClNO/c1-11(15)10-12(2)16-14(17)9-8-13-6-4-3-5-7-13/h11-13H,3-10H2,1-2H3,(H,16,17). The second kappa shape index (κ2) is 7.97. The molecule has 0 heterocycles. The average Bonchev–Trinajstić information content (AvgIpc) is 2.26. The zero-order chi connectivity index (χ0) is 12.7. The SMILES string of the molecule is CC(Cl)CC(C)NC(=O)CCC1CCCCC1. The van der Waals surface area contributed by atoms with Crippen LogP contribution in [0.2, 0.25) is 0 Å². The lowest BCUT2D eigenvalue weighted by molar-refractivity contribution is -0.122. The first kappa shape index (κ1) is 14.8. The highest BCUT2D eigenvalue weighted by Gasteiger charge is 2.15. The van der Waals surface area contributed by atoms with Crippen molar-refractivity contribution in [1.29, 1.82) is 0 Å². The molecule has 0 aromatic heterocycles. The maximum atomic E-state index is 11.7. The summed E-state index contributed by atoms with van der Waals surface area (Å²) in [4.78, 5) is 11.7. The first-order chi connectivity index (χ1) is 8.08. The largest absolute Gasteiger partial charge is 0.354 e. The third-order valence-corrected chi connectivity index (χ3v) is 3.77. The molecule has 0 aromatic carbocycles. The number of amides is 1. The van der Waals surface area contributed by atoms with Gasteiger partial charge in [0.15, 0.2) is 0 Å². The van der Waals surface area contributed by atoms with Gasteiger partial charge in [0.25, 0.3) is 0 Å². The van der Waals surface area contributed by atoms with Crippen LogP contribution in [0.1, 0.15) is 65.2 Å². The van der Waals surface area contributed by atoms with Crippen molar-refractivity contribution in [2.75, 3.05) is 0 Å². The average molecular weight is 260 g/mol. The zero-order valence-electron chi connectivity index (χ0n) is 11.2. The number of carbonyl (C=O) groups excluding carboxylic acids is 1. The molecule has 1 N–H and O–H groups in total. The quantitative estimate of drug-likeness (QED) is 0.721. The van der Waals surface area contributed by atoms with Crippen molar-refractivity contribution in [2.45, 2.75) is 76.6 Å². The monoisotopic (exact) mass is 259 g/mol.